The van der Waals surface area contributed by atoms with Crippen LogP contribution in [0.1, 0.15) is 11.1 Å². The van der Waals surface area contributed by atoms with Crippen LogP contribution in [0.5, 0.6) is 12.0 Å². The molecule has 0 atom stereocenters. The highest BCUT2D eigenvalue weighted by atomic mass is 16.5. The lowest BCUT2D eigenvalue weighted by atomic mass is 10.1. The molecule has 7 nitrogen and oxygen atoms in total. The molecule has 2 bridgehead atoms. The Labute approximate surface area is 176 Å². The molecule has 0 amide bonds. The summed E-state index contributed by atoms with van der Waals surface area (Å²) in [6.45, 7) is 7.09. The Morgan fingerprint density at radius 3 is 1.60 bits per heavy atom. The van der Waals surface area contributed by atoms with Crippen LogP contribution in [0.25, 0.3) is 0 Å². The molecule has 3 aromatic rings. The van der Waals surface area contributed by atoms with Crippen molar-refractivity contribution >= 4 is 5.95 Å². The summed E-state index contributed by atoms with van der Waals surface area (Å²) >= 11 is 0. The van der Waals surface area contributed by atoms with Gasteiger partial charge < -0.3 is 9.47 Å². The Morgan fingerprint density at radius 2 is 1.13 bits per heavy atom. The monoisotopic (exact) mass is 404 g/mol. The highest BCUT2D eigenvalue weighted by Gasteiger charge is 2.43. The molecule has 0 N–H and O–H groups in total. The van der Waals surface area contributed by atoms with Crippen LogP contribution in [-0.2, 0) is 13.2 Å². The maximum atomic E-state index is 5.96. The summed E-state index contributed by atoms with van der Waals surface area (Å²) < 4.78 is 12.7. The van der Waals surface area contributed by atoms with E-state index in [0.29, 0.717) is 25.2 Å². The van der Waals surface area contributed by atoms with E-state index in [1.165, 1.54) is 0 Å². The van der Waals surface area contributed by atoms with E-state index in [0.717, 1.165) is 60.8 Å². The maximum absolute atomic E-state index is 5.96. The molecule has 30 heavy (non-hydrogen) atoms. The van der Waals surface area contributed by atoms with E-state index >= 15 is 0 Å². The molecule has 3 saturated heterocycles. The highest BCUT2D eigenvalue weighted by Crippen LogP contribution is 2.28. The van der Waals surface area contributed by atoms with E-state index in [2.05, 4.69) is 9.88 Å². The first kappa shape index (κ1) is 19.0. The Morgan fingerprint density at radius 1 is 0.667 bits per heavy atom. The van der Waals surface area contributed by atoms with Gasteiger partial charge in [-0.05, 0) is 11.1 Å². The summed E-state index contributed by atoms with van der Waals surface area (Å²) in [7, 11) is 0. The Hall–Kier alpha value is -3.03. The Bertz CT molecular complexity index is 900. The fourth-order valence-electron chi connectivity index (χ4n) is 4.08. The fraction of sp³-hybridized carbons (Fsp3) is 0.348. The quantitative estimate of drug-likeness (QED) is 0.565. The second-order valence-corrected chi connectivity index (χ2v) is 7.91. The van der Waals surface area contributed by atoms with Crippen LogP contribution in [-0.4, -0.2) is 59.1 Å². The summed E-state index contributed by atoms with van der Waals surface area (Å²) in [5, 5.41) is 0. The molecule has 0 spiro atoms. The van der Waals surface area contributed by atoms with E-state index < -0.39 is 0 Å². The molecule has 0 aliphatic carbocycles. The molecule has 0 radical (unpaired) electrons. The van der Waals surface area contributed by atoms with Gasteiger partial charge in [0.05, 0.1) is 19.6 Å². The molecule has 0 saturated carbocycles. The van der Waals surface area contributed by atoms with Crippen molar-refractivity contribution in [2.75, 3.05) is 39.3 Å². The van der Waals surface area contributed by atoms with Crippen LogP contribution < -0.4 is 14.0 Å². The molecule has 3 aliphatic heterocycles. The maximum Gasteiger partial charge on any atom is 0.338 e. The molecule has 2 aromatic carbocycles. The fourth-order valence-corrected chi connectivity index (χ4v) is 4.08. The Kier molecular flexibility index (Phi) is 5.29. The van der Waals surface area contributed by atoms with Crippen LogP contribution in [0.2, 0.25) is 0 Å². The number of ether oxygens (including phenoxy) is 2. The first-order valence-electron chi connectivity index (χ1n) is 10.5. The minimum atomic E-state index is 0.326. The van der Waals surface area contributed by atoms with Crippen molar-refractivity contribution in [2.45, 2.75) is 13.2 Å². The molecule has 3 aliphatic rings. The average molecular weight is 404 g/mol. The van der Waals surface area contributed by atoms with E-state index in [1.807, 2.05) is 60.7 Å². The van der Waals surface area contributed by atoms with E-state index in [9.17, 15) is 0 Å². The predicted molar refractivity (Wildman–Crippen MR) is 114 cm³/mol. The summed E-state index contributed by atoms with van der Waals surface area (Å²) in [6, 6.07) is 20.7. The largest absolute Gasteiger partial charge is 0.458 e. The standard InChI is InChI=1S/C23H26N5O2/c1-3-7-19(8-4-1)17-29-22-24-21(28-14-11-27(12-15-28)13-16-28)25-23(26-22)30-18-20-9-5-2-6-10-20/h1-10H,11-18H2/q+1. The van der Waals surface area contributed by atoms with Gasteiger partial charge in [-0.25, -0.2) is 0 Å². The minimum Gasteiger partial charge on any atom is -0.458 e. The van der Waals surface area contributed by atoms with Crippen molar-refractivity contribution in [3.8, 4) is 12.0 Å². The lowest BCUT2D eigenvalue weighted by Crippen LogP contribution is -2.69. The molecule has 4 heterocycles. The number of fused-ring (bicyclic) bond motifs is 3. The van der Waals surface area contributed by atoms with Crippen molar-refractivity contribution < 1.29 is 9.47 Å². The number of rotatable bonds is 7. The first-order chi connectivity index (χ1) is 14.8. The minimum absolute atomic E-state index is 0.326. The zero-order valence-corrected chi connectivity index (χ0v) is 17.0. The van der Waals surface area contributed by atoms with Crippen molar-refractivity contribution in [3.05, 3.63) is 71.8 Å². The van der Waals surface area contributed by atoms with Crippen molar-refractivity contribution in [1.82, 2.24) is 24.3 Å². The zero-order valence-electron chi connectivity index (χ0n) is 17.0. The van der Waals surface area contributed by atoms with Crippen LogP contribution in [0.3, 0.4) is 0 Å². The third-order valence-electron chi connectivity index (χ3n) is 5.96. The average Bonchev–Trinajstić information content (AvgIpc) is 2.84. The van der Waals surface area contributed by atoms with Crippen LogP contribution in [0, 0.1) is 0 Å². The predicted octanol–water partition coefficient (Wildman–Crippen LogP) is 2.67. The SMILES string of the molecule is c1ccc(COc2nc(OCc3ccccc3)nc([N+]34CCN(CC3)CC4)n2)cc1. The van der Waals surface area contributed by atoms with Gasteiger partial charge in [-0.1, -0.05) is 60.7 Å². The number of hydrogen-bond acceptors (Lipinski definition) is 6. The van der Waals surface area contributed by atoms with Gasteiger partial charge in [0, 0.05) is 19.6 Å². The number of quaternary nitrogens is 1. The second-order valence-electron chi connectivity index (χ2n) is 7.91. The van der Waals surface area contributed by atoms with Crippen molar-refractivity contribution in [3.63, 3.8) is 0 Å². The third kappa shape index (κ3) is 4.13. The summed E-state index contributed by atoms with van der Waals surface area (Å²) in [5.74, 6) is 0.760. The van der Waals surface area contributed by atoms with Gasteiger partial charge >= 0.3 is 18.0 Å². The smallest absolute Gasteiger partial charge is 0.338 e. The van der Waals surface area contributed by atoms with Crippen LogP contribution in [0.4, 0.5) is 5.95 Å². The summed E-state index contributed by atoms with van der Waals surface area (Å²) in [4.78, 5) is 16.4. The van der Waals surface area contributed by atoms with Gasteiger partial charge in [0.25, 0.3) is 0 Å². The first-order valence-corrected chi connectivity index (χ1v) is 10.5. The van der Waals surface area contributed by atoms with Crippen LogP contribution in [0.15, 0.2) is 60.7 Å². The molecular weight excluding hydrogens is 378 g/mol. The van der Waals surface area contributed by atoms with Gasteiger partial charge in [0.15, 0.2) is 0 Å². The normalized spacial score (nSPS) is 22.6. The number of aromatic nitrogens is 3. The van der Waals surface area contributed by atoms with Gasteiger partial charge in [-0.2, -0.15) is 0 Å². The Balaban J connectivity index is 1.40. The molecule has 154 valence electrons. The number of hydrogen-bond donors (Lipinski definition) is 0. The molecule has 1 aromatic heterocycles. The summed E-state index contributed by atoms with van der Waals surface area (Å²) in [6.07, 6.45) is 0. The van der Waals surface area contributed by atoms with Gasteiger partial charge in [0.1, 0.15) is 13.2 Å². The molecule has 3 fully saturated rings. The number of benzene rings is 2. The van der Waals surface area contributed by atoms with Gasteiger partial charge in [-0.3, -0.25) is 9.38 Å². The molecular formula is C23H26N5O2+. The van der Waals surface area contributed by atoms with E-state index in [-0.39, 0.29) is 0 Å². The number of piperazine rings is 3. The molecule has 0 unspecified atom stereocenters. The second kappa shape index (κ2) is 8.38. The van der Waals surface area contributed by atoms with Crippen molar-refractivity contribution in [1.29, 1.82) is 0 Å². The molecule has 7 heteroatoms. The van der Waals surface area contributed by atoms with Crippen molar-refractivity contribution in [2.24, 2.45) is 0 Å². The zero-order chi connectivity index (χ0) is 20.2. The molecule has 6 rings (SSSR count). The number of nitrogens with zero attached hydrogens (tertiary/aromatic N) is 5. The topological polar surface area (TPSA) is 60.4 Å². The third-order valence-corrected chi connectivity index (χ3v) is 5.96. The summed E-state index contributed by atoms with van der Waals surface area (Å²) in [5.41, 5.74) is 2.15. The lowest BCUT2D eigenvalue weighted by Gasteiger charge is -2.48. The van der Waals surface area contributed by atoms with Gasteiger partial charge in [-0.15, -0.1) is 15.0 Å². The van der Waals surface area contributed by atoms with E-state index in [4.69, 9.17) is 19.4 Å². The van der Waals surface area contributed by atoms with Gasteiger partial charge in [0.2, 0.25) is 0 Å². The van der Waals surface area contributed by atoms with Crippen LogP contribution >= 0.6 is 0 Å². The highest BCUT2D eigenvalue weighted by molar-refractivity contribution is 5.31. The lowest BCUT2D eigenvalue weighted by molar-refractivity contribution is 0.0613. The van der Waals surface area contributed by atoms with E-state index in [1.54, 1.807) is 0 Å².